The second-order valence-corrected chi connectivity index (χ2v) is 20.9. The van der Waals surface area contributed by atoms with Gasteiger partial charge in [-0.2, -0.15) is 0 Å². The fourth-order valence-corrected chi connectivity index (χ4v) is 4.26. The molecule has 0 bridgehead atoms. The Bertz CT molecular complexity index is 408. The van der Waals surface area contributed by atoms with Crippen molar-refractivity contribution in [2.45, 2.75) is 98.1 Å². The molecule has 9 heteroatoms. The minimum atomic E-state index is -1.83. The summed E-state index contributed by atoms with van der Waals surface area (Å²) in [5, 5.41) is 0. The Labute approximate surface area is 191 Å². The first-order valence-electron chi connectivity index (χ1n) is 10.3. The lowest BCUT2D eigenvalue weighted by molar-refractivity contribution is 0.242. The van der Waals surface area contributed by atoms with Crippen LogP contribution in [0.5, 0.6) is 0 Å². The van der Waals surface area contributed by atoms with E-state index in [1.165, 1.54) is 25.7 Å². The predicted octanol–water partition coefficient (Wildman–Crippen LogP) is 6.03. The average molecular weight is 487 g/mol. The molecule has 6 nitrogen and oxygen atoms in total. The third-order valence-electron chi connectivity index (χ3n) is 5.58. The van der Waals surface area contributed by atoms with Gasteiger partial charge in [0, 0.05) is 35.5 Å². The van der Waals surface area contributed by atoms with Crippen molar-refractivity contribution in [3.8, 4) is 0 Å². The molecule has 1 saturated heterocycles. The van der Waals surface area contributed by atoms with E-state index in [0.29, 0.717) is 12.2 Å². The van der Waals surface area contributed by atoms with E-state index in [2.05, 4.69) is 26.2 Å². The lowest BCUT2D eigenvalue weighted by atomic mass is 9.88. The molecule has 1 aliphatic heterocycles. The summed E-state index contributed by atoms with van der Waals surface area (Å²) in [5.74, 6) is 0.839. The van der Waals surface area contributed by atoms with E-state index in [-0.39, 0.29) is 14.9 Å². The molecule has 0 N–H and O–H groups in total. The van der Waals surface area contributed by atoms with Crippen LogP contribution in [0.15, 0.2) is 0 Å². The van der Waals surface area contributed by atoms with E-state index in [9.17, 15) is 0 Å². The van der Waals surface area contributed by atoms with E-state index < -0.39 is 25.4 Å². The van der Waals surface area contributed by atoms with Crippen LogP contribution in [0.1, 0.15) is 40.5 Å². The van der Waals surface area contributed by atoms with Crippen molar-refractivity contribution in [1.82, 2.24) is 0 Å². The van der Waals surface area contributed by atoms with E-state index >= 15 is 0 Å². The molecule has 1 heterocycles. The Morgan fingerprint density at radius 1 is 0.700 bits per heavy atom. The molecule has 0 radical (unpaired) electrons. The van der Waals surface area contributed by atoms with Gasteiger partial charge in [0.15, 0.2) is 8.32 Å². The molecule has 0 aromatic carbocycles. The number of epoxide rings is 1. The summed E-state index contributed by atoms with van der Waals surface area (Å²) in [4.78, 5) is 0. The molecule has 0 aromatic heterocycles. The van der Waals surface area contributed by atoms with Gasteiger partial charge in [-0.1, -0.05) is 14.9 Å². The molecular weight excluding hydrogens is 432 g/mol. The molecule has 30 heavy (non-hydrogen) atoms. The van der Waals surface area contributed by atoms with Crippen molar-refractivity contribution in [3.63, 3.8) is 0 Å². The molecule has 0 aromatic rings. The van der Waals surface area contributed by atoms with Crippen LogP contribution >= 0.6 is 0 Å². The SMILES string of the molecule is C.C.CO[Si](C)(C)C.CO[Si](C)(C)OC.CO[Si](C)(CCC1CCC2OC2C1)OC. The topological polar surface area (TPSA) is 58.7 Å². The van der Waals surface area contributed by atoms with Gasteiger partial charge in [0.1, 0.15) is 0 Å². The summed E-state index contributed by atoms with van der Waals surface area (Å²) >= 11 is 0. The van der Waals surface area contributed by atoms with Crippen LogP contribution in [0.25, 0.3) is 0 Å². The first kappa shape index (κ1) is 35.0. The smallest absolute Gasteiger partial charge is 0.334 e. The number of ether oxygens (including phenoxy) is 1. The first-order valence-corrected chi connectivity index (χ1v) is 19.0. The minimum absolute atomic E-state index is 0. The number of rotatable bonds is 8. The highest BCUT2D eigenvalue weighted by atomic mass is 28.4. The van der Waals surface area contributed by atoms with E-state index in [4.69, 9.17) is 26.9 Å². The molecule has 0 spiro atoms. The first-order chi connectivity index (χ1) is 12.8. The van der Waals surface area contributed by atoms with Crippen LogP contribution < -0.4 is 0 Å². The summed E-state index contributed by atoms with van der Waals surface area (Å²) in [6.07, 6.45) is 6.34. The highest BCUT2D eigenvalue weighted by Crippen LogP contribution is 2.41. The highest BCUT2D eigenvalue weighted by molar-refractivity contribution is 6.69. The zero-order valence-corrected chi connectivity index (χ0v) is 23.2. The zero-order chi connectivity index (χ0) is 22.0. The average Bonchev–Trinajstić information content (AvgIpc) is 3.45. The van der Waals surface area contributed by atoms with Crippen molar-refractivity contribution in [2.75, 3.05) is 35.5 Å². The number of hydrogen-bond acceptors (Lipinski definition) is 6. The maximum Gasteiger partial charge on any atom is 0.334 e. The van der Waals surface area contributed by atoms with Crippen molar-refractivity contribution in [1.29, 1.82) is 0 Å². The predicted molar refractivity (Wildman–Crippen MR) is 136 cm³/mol. The van der Waals surface area contributed by atoms with Crippen molar-refractivity contribution >= 4 is 25.4 Å². The maximum absolute atomic E-state index is 5.54. The minimum Gasteiger partial charge on any atom is -0.421 e. The third kappa shape index (κ3) is 16.1. The Hall–Kier alpha value is 0.411. The molecule has 1 aliphatic carbocycles. The summed E-state index contributed by atoms with van der Waals surface area (Å²) in [5.41, 5.74) is 0. The van der Waals surface area contributed by atoms with Crippen molar-refractivity contribution < 1.29 is 26.9 Å². The van der Waals surface area contributed by atoms with Crippen LogP contribution in [-0.2, 0) is 26.9 Å². The van der Waals surface area contributed by atoms with Crippen LogP contribution in [0.3, 0.4) is 0 Å². The van der Waals surface area contributed by atoms with Gasteiger partial charge in [0.25, 0.3) is 0 Å². The molecule has 2 aliphatic rings. The monoisotopic (exact) mass is 486 g/mol. The Kier molecular flexibility index (Phi) is 18.8. The Morgan fingerprint density at radius 3 is 1.47 bits per heavy atom. The summed E-state index contributed by atoms with van der Waals surface area (Å²) in [7, 11) is 4.06. The van der Waals surface area contributed by atoms with Crippen LogP contribution in [0.4, 0.5) is 0 Å². The van der Waals surface area contributed by atoms with Gasteiger partial charge < -0.3 is 26.9 Å². The van der Waals surface area contributed by atoms with Gasteiger partial charge in [-0.15, -0.1) is 0 Å². The fourth-order valence-electron chi connectivity index (χ4n) is 2.59. The molecule has 3 unspecified atom stereocenters. The summed E-state index contributed by atoms with van der Waals surface area (Å²) < 4.78 is 31.6. The standard InChI is InChI=1S/C11H22O3Si.C4H12O2Si.C4H12OSi.2CH4/c1-12-15(3,13-2)7-6-9-4-5-10-11(8-9)14-10;1-5-7(3,4)6-2;1-5-6(2,3)4;;/h9-11H,4-8H2,1-3H3;1-4H3;1-4H3;2*1H4. The Balaban J connectivity index is -0.000000415. The van der Waals surface area contributed by atoms with E-state index in [0.717, 1.165) is 12.0 Å². The van der Waals surface area contributed by atoms with Gasteiger partial charge in [-0.25, -0.2) is 0 Å². The van der Waals surface area contributed by atoms with Gasteiger partial charge in [0.2, 0.25) is 0 Å². The molecule has 1 saturated carbocycles. The summed E-state index contributed by atoms with van der Waals surface area (Å²) in [6.45, 7) is 12.6. The lowest BCUT2D eigenvalue weighted by Gasteiger charge is -2.26. The molecule has 2 fully saturated rings. The molecule has 3 atom stereocenters. The van der Waals surface area contributed by atoms with Crippen molar-refractivity contribution in [3.05, 3.63) is 0 Å². The Morgan fingerprint density at radius 2 is 1.17 bits per heavy atom. The lowest BCUT2D eigenvalue weighted by Crippen LogP contribution is -2.36. The molecule has 2 rings (SSSR count). The second-order valence-electron chi connectivity index (χ2n) is 9.10. The molecule has 0 amide bonds. The fraction of sp³-hybridized carbons (Fsp3) is 1.00. The van der Waals surface area contributed by atoms with Crippen LogP contribution in [0.2, 0.25) is 45.3 Å². The quantitative estimate of drug-likeness (QED) is 0.308. The van der Waals surface area contributed by atoms with Crippen LogP contribution in [0, 0.1) is 5.92 Å². The molecular formula is C21H54O6Si3. The van der Waals surface area contributed by atoms with Gasteiger partial charge in [0.05, 0.1) is 12.2 Å². The second kappa shape index (κ2) is 16.1. The van der Waals surface area contributed by atoms with E-state index in [1.807, 2.05) is 13.1 Å². The molecule has 186 valence electrons. The van der Waals surface area contributed by atoms with Gasteiger partial charge >= 0.3 is 17.1 Å². The number of hydrogen-bond donors (Lipinski definition) is 0. The van der Waals surface area contributed by atoms with Crippen molar-refractivity contribution in [2.24, 2.45) is 5.92 Å². The summed E-state index contributed by atoms with van der Waals surface area (Å²) in [6, 6.07) is 1.11. The highest BCUT2D eigenvalue weighted by Gasteiger charge is 2.44. The largest absolute Gasteiger partial charge is 0.421 e. The number of fused-ring (bicyclic) bond motifs is 1. The zero-order valence-electron chi connectivity index (χ0n) is 20.2. The van der Waals surface area contributed by atoms with E-state index in [1.54, 1.807) is 35.5 Å². The maximum atomic E-state index is 5.54. The van der Waals surface area contributed by atoms with Crippen LogP contribution in [-0.4, -0.2) is 73.2 Å². The van der Waals surface area contributed by atoms with Gasteiger partial charge in [-0.05, 0) is 76.9 Å². The van der Waals surface area contributed by atoms with Gasteiger partial charge in [-0.3, -0.25) is 0 Å². The third-order valence-corrected chi connectivity index (χ3v) is 11.7. The normalized spacial score (nSPS) is 22.7.